The lowest BCUT2D eigenvalue weighted by Crippen LogP contribution is -2.45. The number of hydrogen-bond acceptors (Lipinski definition) is 4. The summed E-state index contributed by atoms with van der Waals surface area (Å²) in [5, 5.41) is 0. The van der Waals surface area contributed by atoms with E-state index in [0.717, 1.165) is 12.1 Å². The molecule has 2 aliphatic rings. The minimum absolute atomic E-state index is 0.0788. The predicted molar refractivity (Wildman–Crippen MR) is 88.3 cm³/mol. The van der Waals surface area contributed by atoms with Crippen molar-refractivity contribution >= 4 is 15.8 Å². The first-order valence-electron chi connectivity index (χ1n) is 8.17. The van der Waals surface area contributed by atoms with Crippen LogP contribution in [0, 0.1) is 16.7 Å². The van der Waals surface area contributed by atoms with Gasteiger partial charge in [-0.2, -0.15) is 0 Å². The minimum Gasteiger partial charge on any atom is -0.299 e. The molecule has 2 aliphatic carbocycles. The van der Waals surface area contributed by atoms with Crippen LogP contribution < -0.4 is 4.72 Å². The Morgan fingerprint density at radius 1 is 1.35 bits per heavy atom. The summed E-state index contributed by atoms with van der Waals surface area (Å²) in [4.78, 5) is 16.6. The third kappa shape index (κ3) is 2.83. The molecule has 0 radical (unpaired) electrons. The van der Waals surface area contributed by atoms with Crippen molar-refractivity contribution in [3.63, 3.8) is 0 Å². The van der Waals surface area contributed by atoms with Gasteiger partial charge in [0.05, 0.1) is 5.75 Å². The van der Waals surface area contributed by atoms with Crippen LogP contribution in [0.25, 0.3) is 0 Å². The first-order chi connectivity index (χ1) is 10.8. The van der Waals surface area contributed by atoms with Crippen molar-refractivity contribution in [2.75, 3.05) is 12.3 Å². The van der Waals surface area contributed by atoms with Gasteiger partial charge in [-0.1, -0.05) is 19.9 Å². The van der Waals surface area contributed by atoms with E-state index in [1.807, 2.05) is 18.2 Å². The van der Waals surface area contributed by atoms with Gasteiger partial charge in [-0.25, -0.2) is 13.1 Å². The van der Waals surface area contributed by atoms with Gasteiger partial charge in [-0.05, 0) is 36.3 Å². The second kappa shape index (κ2) is 5.67. The molecule has 2 saturated carbocycles. The van der Waals surface area contributed by atoms with E-state index < -0.39 is 15.4 Å². The maximum Gasteiger partial charge on any atom is 0.212 e. The lowest BCUT2D eigenvalue weighted by Gasteiger charge is -2.36. The standard InChI is InChI=1S/C17H24N2O3S/c1-16(2)13-6-8-17(16,15(20)11-13)12-23(21,22)19-10-7-14-5-3-4-9-18-14/h3-5,9,13,19H,6-8,10-12H2,1-2H3/t13-,17+/m0/s1. The second-order valence-electron chi connectivity index (χ2n) is 7.39. The number of fused-ring (bicyclic) bond motifs is 2. The number of rotatable bonds is 6. The van der Waals surface area contributed by atoms with Crippen LogP contribution in [0.5, 0.6) is 0 Å². The molecule has 2 fully saturated rings. The van der Waals surface area contributed by atoms with Gasteiger partial charge in [-0.3, -0.25) is 9.78 Å². The summed E-state index contributed by atoms with van der Waals surface area (Å²) in [6, 6.07) is 5.59. The number of nitrogens with one attached hydrogen (secondary N) is 1. The van der Waals surface area contributed by atoms with Crippen LogP contribution >= 0.6 is 0 Å². The molecule has 1 heterocycles. The maximum atomic E-state index is 12.5. The average Bonchev–Trinajstić information content (AvgIpc) is 2.82. The van der Waals surface area contributed by atoms with E-state index in [1.54, 1.807) is 6.20 Å². The Labute approximate surface area is 137 Å². The number of aromatic nitrogens is 1. The van der Waals surface area contributed by atoms with Crippen LogP contribution in [-0.4, -0.2) is 31.5 Å². The highest BCUT2D eigenvalue weighted by Crippen LogP contribution is 2.64. The first kappa shape index (κ1) is 16.6. The minimum atomic E-state index is -3.48. The van der Waals surface area contributed by atoms with Crippen molar-refractivity contribution in [2.24, 2.45) is 16.7 Å². The van der Waals surface area contributed by atoms with Crippen molar-refractivity contribution < 1.29 is 13.2 Å². The molecule has 0 aliphatic heterocycles. The number of ketones is 1. The number of Topliss-reactive ketones (excluding diaryl/α,β-unsaturated/α-hetero) is 1. The summed E-state index contributed by atoms with van der Waals surface area (Å²) in [7, 11) is -3.48. The highest BCUT2D eigenvalue weighted by Gasteiger charge is 2.65. The van der Waals surface area contributed by atoms with Gasteiger partial charge < -0.3 is 0 Å². The summed E-state index contributed by atoms with van der Waals surface area (Å²) in [6.45, 7) is 4.42. The molecule has 1 aromatic rings. The van der Waals surface area contributed by atoms with Gasteiger partial charge in [0.2, 0.25) is 10.0 Å². The Hall–Kier alpha value is -1.27. The fourth-order valence-electron chi connectivity index (χ4n) is 4.36. The monoisotopic (exact) mass is 336 g/mol. The molecule has 6 heteroatoms. The number of pyridine rings is 1. The topological polar surface area (TPSA) is 76.1 Å². The smallest absolute Gasteiger partial charge is 0.212 e. The summed E-state index contributed by atoms with van der Waals surface area (Å²) in [5.74, 6) is 0.387. The van der Waals surface area contributed by atoms with Gasteiger partial charge in [-0.15, -0.1) is 0 Å². The molecule has 3 rings (SSSR count). The van der Waals surface area contributed by atoms with Gasteiger partial charge in [0.25, 0.3) is 0 Å². The summed E-state index contributed by atoms with van der Waals surface area (Å²) in [5.41, 5.74) is -0.0690. The van der Waals surface area contributed by atoms with Gasteiger partial charge in [0, 0.05) is 36.7 Å². The van der Waals surface area contributed by atoms with Gasteiger partial charge in [0.1, 0.15) is 5.78 Å². The molecule has 0 aromatic carbocycles. The Morgan fingerprint density at radius 3 is 2.70 bits per heavy atom. The van der Waals surface area contributed by atoms with Crippen molar-refractivity contribution in [2.45, 2.75) is 39.5 Å². The van der Waals surface area contributed by atoms with E-state index in [4.69, 9.17) is 0 Å². The fourth-order valence-corrected chi connectivity index (χ4v) is 6.21. The van der Waals surface area contributed by atoms with E-state index in [-0.39, 0.29) is 17.0 Å². The van der Waals surface area contributed by atoms with Crippen LogP contribution in [-0.2, 0) is 21.2 Å². The molecular weight excluding hydrogens is 312 g/mol. The first-order valence-corrected chi connectivity index (χ1v) is 9.83. The molecule has 0 unspecified atom stereocenters. The molecule has 0 amide bonds. The van der Waals surface area contributed by atoms with Crippen LogP contribution in [0.2, 0.25) is 0 Å². The molecule has 0 spiro atoms. The number of hydrogen-bond donors (Lipinski definition) is 1. The largest absolute Gasteiger partial charge is 0.299 e. The van der Waals surface area contributed by atoms with Crippen molar-refractivity contribution in [1.82, 2.24) is 9.71 Å². The summed E-state index contributed by atoms with van der Waals surface area (Å²) >= 11 is 0. The highest BCUT2D eigenvalue weighted by molar-refractivity contribution is 7.89. The Kier molecular flexibility index (Phi) is 4.09. The zero-order valence-electron chi connectivity index (χ0n) is 13.7. The van der Waals surface area contributed by atoms with Crippen LogP contribution in [0.15, 0.2) is 24.4 Å². The molecule has 0 saturated heterocycles. The molecule has 1 N–H and O–H groups in total. The van der Waals surface area contributed by atoms with Gasteiger partial charge in [0.15, 0.2) is 0 Å². The van der Waals surface area contributed by atoms with Crippen molar-refractivity contribution in [3.8, 4) is 0 Å². The van der Waals surface area contributed by atoms with E-state index in [0.29, 0.717) is 31.7 Å². The maximum absolute atomic E-state index is 12.5. The summed E-state index contributed by atoms with van der Waals surface area (Å²) < 4.78 is 27.7. The van der Waals surface area contributed by atoms with Crippen molar-refractivity contribution in [3.05, 3.63) is 30.1 Å². The lowest BCUT2D eigenvalue weighted by atomic mass is 9.70. The highest BCUT2D eigenvalue weighted by atomic mass is 32.2. The van der Waals surface area contributed by atoms with E-state index in [1.165, 1.54) is 0 Å². The predicted octanol–water partition coefficient (Wildman–Crippen LogP) is 1.94. The van der Waals surface area contributed by atoms with Crippen LogP contribution in [0.4, 0.5) is 0 Å². The molecule has 126 valence electrons. The second-order valence-corrected chi connectivity index (χ2v) is 9.20. The zero-order valence-corrected chi connectivity index (χ0v) is 14.5. The number of nitrogens with zero attached hydrogens (tertiary/aromatic N) is 1. The quantitative estimate of drug-likeness (QED) is 0.861. The summed E-state index contributed by atoms with van der Waals surface area (Å²) in [6.07, 6.45) is 4.44. The van der Waals surface area contributed by atoms with Gasteiger partial charge >= 0.3 is 0 Å². The SMILES string of the molecule is CC1(C)[C@H]2CC[C@@]1(CS(=O)(=O)NCCc1ccccn1)C(=O)C2. The third-order valence-electron chi connectivity index (χ3n) is 6.00. The Balaban J connectivity index is 1.66. The average molecular weight is 336 g/mol. The molecule has 5 nitrogen and oxygen atoms in total. The molecule has 2 bridgehead atoms. The van der Waals surface area contributed by atoms with E-state index in [9.17, 15) is 13.2 Å². The lowest BCUT2D eigenvalue weighted by molar-refractivity contribution is -0.128. The number of sulfonamides is 1. The Bertz CT molecular complexity index is 700. The number of carbonyl (C=O) groups excluding carboxylic acids is 1. The Morgan fingerprint density at radius 2 is 2.13 bits per heavy atom. The van der Waals surface area contributed by atoms with Crippen LogP contribution in [0.1, 0.15) is 38.8 Å². The molecule has 2 atom stereocenters. The van der Waals surface area contributed by atoms with E-state index in [2.05, 4.69) is 23.6 Å². The fraction of sp³-hybridized carbons (Fsp3) is 0.647. The molecular formula is C17H24N2O3S. The van der Waals surface area contributed by atoms with Crippen LogP contribution in [0.3, 0.4) is 0 Å². The normalized spacial score (nSPS) is 29.1. The van der Waals surface area contributed by atoms with E-state index >= 15 is 0 Å². The van der Waals surface area contributed by atoms with Crippen molar-refractivity contribution in [1.29, 1.82) is 0 Å². The zero-order chi connectivity index (χ0) is 16.7. The molecule has 23 heavy (non-hydrogen) atoms. The number of carbonyl (C=O) groups is 1. The molecule has 1 aromatic heterocycles. The third-order valence-corrected chi connectivity index (χ3v) is 7.52.